The Morgan fingerprint density at radius 1 is 1.41 bits per heavy atom. The summed E-state index contributed by atoms with van der Waals surface area (Å²) in [6.07, 6.45) is 0.769. The molecule has 3 N–H and O–H groups in total. The van der Waals surface area contributed by atoms with Crippen LogP contribution in [0.25, 0.3) is 0 Å². The van der Waals surface area contributed by atoms with E-state index in [0.29, 0.717) is 24.6 Å². The van der Waals surface area contributed by atoms with Gasteiger partial charge in [-0.05, 0) is 25.1 Å². The van der Waals surface area contributed by atoms with Crippen LogP contribution in [0, 0.1) is 0 Å². The highest BCUT2D eigenvalue weighted by Gasteiger charge is 2.02. The summed E-state index contributed by atoms with van der Waals surface area (Å²) >= 11 is 0. The van der Waals surface area contributed by atoms with Crippen molar-refractivity contribution < 1.29 is 14.3 Å². The van der Waals surface area contributed by atoms with Crippen LogP contribution in [-0.2, 0) is 4.79 Å². The maximum atomic E-state index is 11.3. The first-order chi connectivity index (χ1) is 8.26. The SMILES string of the molecule is COc1cccc(OCC(=O)NCCCN)c1. The predicted octanol–water partition coefficient (Wildman–Crippen LogP) is 0.539. The Morgan fingerprint density at radius 3 is 2.88 bits per heavy atom. The van der Waals surface area contributed by atoms with E-state index in [0.717, 1.165) is 6.42 Å². The summed E-state index contributed by atoms with van der Waals surface area (Å²) in [6, 6.07) is 7.12. The first kappa shape index (κ1) is 13.3. The third kappa shape index (κ3) is 5.21. The average Bonchev–Trinajstić information content (AvgIpc) is 2.37. The lowest BCUT2D eigenvalue weighted by Crippen LogP contribution is -2.30. The summed E-state index contributed by atoms with van der Waals surface area (Å²) < 4.78 is 10.4. The van der Waals surface area contributed by atoms with Crippen molar-refractivity contribution in [3.05, 3.63) is 24.3 Å². The van der Waals surface area contributed by atoms with Gasteiger partial charge in [0.2, 0.25) is 0 Å². The van der Waals surface area contributed by atoms with E-state index in [4.69, 9.17) is 15.2 Å². The van der Waals surface area contributed by atoms with Gasteiger partial charge in [0.1, 0.15) is 11.5 Å². The van der Waals surface area contributed by atoms with Crippen LogP contribution >= 0.6 is 0 Å². The van der Waals surface area contributed by atoms with Gasteiger partial charge < -0.3 is 20.5 Å². The Labute approximate surface area is 101 Å². The Hall–Kier alpha value is -1.75. The van der Waals surface area contributed by atoms with Gasteiger partial charge in [-0.1, -0.05) is 6.07 Å². The van der Waals surface area contributed by atoms with Crippen molar-refractivity contribution in [1.29, 1.82) is 0 Å². The lowest BCUT2D eigenvalue weighted by Gasteiger charge is -2.08. The van der Waals surface area contributed by atoms with E-state index in [1.165, 1.54) is 0 Å². The van der Waals surface area contributed by atoms with Gasteiger partial charge in [-0.3, -0.25) is 4.79 Å². The van der Waals surface area contributed by atoms with Crippen LogP contribution in [0.4, 0.5) is 0 Å². The molecule has 0 saturated heterocycles. The van der Waals surface area contributed by atoms with Gasteiger partial charge >= 0.3 is 0 Å². The number of nitrogens with two attached hydrogens (primary N) is 1. The maximum Gasteiger partial charge on any atom is 0.257 e. The molecule has 0 aliphatic heterocycles. The van der Waals surface area contributed by atoms with Crippen molar-refractivity contribution in [3.63, 3.8) is 0 Å². The number of methoxy groups -OCH3 is 1. The summed E-state index contributed by atoms with van der Waals surface area (Å²) in [5.74, 6) is 1.16. The first-order valence-corrected chi connectivity index (χ1v) is 5.50. The largest absolute Gasteiger partial charge is 0.497 e. The molecule has 0 saturated carbocycles. The number of nitrogens with one attached hydrogen (secondary N) is 1. The number of ether oxygens (including phenoxy) is 2. The van der Waals surface area contributed by atoms with Crippen molar-refractivity contribution in [3.8, 4) is 11.5 Å². The monoisotopic (exact) mass is 238 g/mol. The molecule has 1 aromatic rings. The van der Waals surface area contributed by atoms with E-state index < -0.39 is 0 Å². The second-order valence-electron chi connectivity index (χ2n) is 3.46. The topological polar surface area (TPSA) is 73.6 Å². The fourth-order valence-corrected chi connectivity index (χ4v) is 1.22. The predicted molar refractivity (Wildman–Crippen MR) is 65.2 cm³/mol. The summed E-state index contributed by atoms with van der Waals surface area (Å²) in [4.78, 5) is 11.3. The second-order valence-corrected chi connectivity index (χ2v) is 3.46. The zero-order valence-electron chi connectivity index (χ0n) is 9.94. The van der Waals surface area contributed by atoms with Gasteiger partial charge in [-0.2, -0.15) is 0 Å². The Bertz CT molecular complexity index is 355. The minimum atomic E-state index is -0.152. The van der Waals surface area contributed by atoms with Crippen LogP contribution in [0.5, 0.6) is 11.5 Å². The zero-order valence-corrected chi connectivity index (χ0v) is 9.94. The van der Waals surface area contributed by atoms with Gasteiger partial charge in [0, 0.05) is 12.6 Å². The van der Waals surface area contributed by atoms with E-state index in [-0.39, 0.29) is 12.5 Å². The van der Waals surface area contributed by atoms with Crippen molar-refractivity contribution >= 4 is 5.91 Å². The molecule has 1 amide bonds. The molecule has 17 heavy (non-hydrogen) atoms. The molecular formula is C12H18N2O3. The van der Waals surface area contributed by atoms with Crippen LogP contribution in [0.1, 0.15) is 6.42 Å². The second kappa shape index (κ2) is 7.51. The van der Waals surface area contributed by atoms with Gasteiger partial charge in [-0.25, -0.2) is 0 Å². The average molecular weight is 238 g/mol. The highest BCUT2D eigenvalue weighted by atomic mass is 16.5. The summed E-state index contributed by atoms with van der Waals surface area (Å²) in [6.45, 7) is 1.14. The number of rotatable bonds is 7. The van der Waals surface area contributed by atoms with E-state index in [1.54, 1.807) is 25.3 Å². The summed E-state index contributed by atoms with van der Waals surface area (Å²) in [5.41, 5.74) is 5.32. The standard InChI is InChI=1S/C12H18N2O3/c1-16-10-4-2-5-11(8-10)17-9-12(15)14-7-3-6-13/h2,4-5,8H,3,6-7,9,13H2,1H3,(H,14,15). The van der Waals surface area contributed by atoms with Crippen molar-refractivity contribution in [1.82, 2.24) is 5.32 Å². The Kier molecular flexibility index (Phi) is 5.88. The van der Waals surface area contributed by atoms with E-state index >= 15 is 0 Å². The molecule has 0 atom stereocenters. The lowest BCUT2D eigenvalue weighted by molar-refractivity contribution is -0.123. The normalized spacial score (nSPS) is 9.76. The highest BCUT2D eigenvalue weighted by Crippen LogP contribution is 2.18. The van der Waals surface area contributed by atoms with Crippen LogP contribution < -0.4 is 20.5 Å². The zero-order chi connectivity index (χ0) is 12.5. The van der Waals surface area contributed by atoms with E-state index in [9.17, 15) is 4.79 Å². The van der Waals surface area contributed by atoms with Crippen LogP contribution in [0.15, 0.2) is 24.3 Å². The molecule has 5 nitrogen and oxygen atoms in total. The molecule has 0 heterocycles. The quantitative estimate of drug-likeness (QED) is 0.680. The smallest absolute Gasteiger partial charge is 0.257 e. The van der Waals surface area contributed by atoms with Gasteiger partial charge in [0.15, 0.2) is 6.61 Å². The molecule has 1 rings (SSSR count). The number of benzene rings is 1. The molecule has 0 fully saturated rings. The van der Waals surface area contributed by atoms with E-state index in [2.05, 4.69) is 5.32 Å². The maximum absolute atomic E-state index is 11.3. The van der Waals surface area contributed by atoms with Gasteiger partial charge in [0.05, 0.1) is 7.11 Å². The summed E-state index contributed by atoms with van der Waals surface area (Å²) in [5, 5.41) is 2.71. The molecule has 5 heteroatoms. The molecule has 0 aliphatic rings. The third-order valence-electron chi connectivity index (χ3n) is 2.11. The Balaban J connectivity index is 2.31. The molecule has 0 radical (unpaired) electrons. The van der Waals surface area contributed by atoms with Crippen molar-refractivity contribution in [2.75, 3.05) is 26.8 Å². The Morgan fingerprint density at radius 2 is 2.18 bits per heavy atom. The van der Waals surface area contributed by atoms with Gasteiger partial charge in [0.25, 0.3) is 5.91 Å². The molecule has 94 valence electrons. The number of carbonyl (C=O) groups is 1. The number of hydrogen-bond donors (Lipinski definition) is 2. The molecular weight excluding hydrogens is 220 g/mol. The van der Waals surface area contributed by atoms with Crippen LogP contribution in [-0.4, -0.2) is 32.7 Å². The molecule has 0 bridgehead atoms. The van der Waals surface area contributed by atoms with Crippen LogP contribution in [0.3, 0.4) is 0 Å². The highest BCUT2D eigenvalue weighted by molar-refractivity contribution is 5.77. The molecule has 0 aromatic heterocycles. The number of carbonyl (C=O) groups excluding carboxylic acids is 1. The molecule has 0 spiro atoms. The van der Waals surface area contributed by atoms with Crippen molar-refractivity contribution in [2.45, 2.75) is 6.42 Å². The molecule has 0 aliphatic carbocycles. The van der Waals surface area contributed by atoms with Crippen molar-refractivity contribution in [2.24, 2.45) is 5.73 Å². The number of hydrogen-bond acceptors (Lipinski definition) is 4. The van der Waals surface area contributed by atoms with Gasteiger partial charge in [-0.15, -0.1) is 0 Å². The summed E-state index contributed by atoms with van der Waals surface area (Å²) in [7, 11) is 1.58. The molecule has 1 aromatic carbocycles. The minimum absolute atomic E-state index is 0.00224. The fraction of sp³-hybridized carbons (Fsp3) is 0.417. The molecule has 0 unspecified atom stereocenters. The first-order valence-electron chi connectivity index (χ1n) is 5.50. The fourth-order valence-electron chi connectivity index (χ4n) is 1.22. The third-order valence-corrected chi connectivity index (χ3v) is 2.11. The van der Waals surface area contributed by atoms with E-state index in [1.807, 2.05) is 6.07 Å². The lowest BCUT2D eigenvalue weighted by atomic mass is 10.3. The van der Waals surface area contributed by atoms with Crippen LogP contribution in [0.2, 0.25) is 0 Å². The number of amides is 1. The minimum Gasteiger partial charge on any atom is -0.497 e.